The molecule has 7 heteroatoms. The Morgan fingerprint density at radius 1 is 1.08 bits per heavy atom. The molecule has 2 rings (SSSR count). The van der Waals surface area contributed by atoms with E-state index >= 15 is 0 Å². The van der Waals surface area contributed by atoms with E-state index in [1.807, 2.05) is 32.0 Å². The third-order valence-electron chi connectivity index (χ3n) is 3.70. The van der Waals surface area contributed by atoms with E-state index in [1.165, 1.54) is 17.7 Å². The van der Waals surface area contributed by atoms with Crippen molar-refractivity contribution in [1.82, 2.24) is 5.32 Å². The van der Waals surface area contributed by atoms with Crippen LogP contribution < -0.4 is 15.4 Å². The van der Waals surface area contributed by atoms with E-state index in [9.17, 15) is 14.9 Å². The zero-order chi connectivity index (χ0) is 18.2. The van der Waals surface area contributed by atoms with Crippen molar-refractivity contribution in [3.8, 4) is 5.75 Å². The van der Waals surface area contributed by atoms with Crippen LogP contribution in [0.3, 0.4) is 0 Å². The molecule has 0 heterocycles. The van der Waals surface area contributed by atoms with E-state index < -0.39 is 4.92 Å². The molecule has 0 aliphatic rings. The van der Waals surface area contributed by atoms with Gasteiger partial charge in [0, 0.05) is 30.9 Å². The summed E-state index contributed by atoms with van der Waals surface area (Å²) in [6.45, 7) is 4.90. The zero-order valence-corrected chi connectivity index (χ0v) is 14.2. The molecule has 0 aliphatic carbocycles. The first kappa shape index (κ1) is 18.3. The fourth-order valence-corrected chi connectivity index (χ4v) is 2.11. The maximum Gasteiger partial charge on any atom is 0.269 e. The van der Waals surface area contributed by atoms with Crippen LogP contribution in [0.4, 0.5) is 11.4 Å². The van der Waals surface area contributed by atoms with Gasteiger partial charge in [-0.1, -0.05) is 6.07 Å². The number of hydrogen-bond acceptors (Lipinski definition) is 5. The molecule has 0 saturated heterocycles. The maximum atomic E-state index is 11.8. The summed E-state index contributed by atoms with van der Waals surface area (Å²) in [6.07, 6.45) is 0. The number of nitro benzene ring substituents is 1. The van der Waals surface area contributed by atoms with Crippen LogP contribution in [-0.4, -0.2) is 30.5 Å². The maximum absolute atomic E-state index is 11.8. The van der Waals surface area contributed by atoms with Crippen molar-refractivity contribution < 1.29 is 14.5 Å². The number of hydrogen-bond donors (Lipinski definition) is 2. The van der Waals surface area contributed by atoms with E-state index in [1.54, 1.807) is 12.1 Å². The van der Waals surface area contributed by atoms with Gasteiger partial charge >= 0.3 is 0 Å². The summed E-state index contributed by atoms with van der Waals surface area (Å²) >= 11 is 0. The Morgan fingerprint density at radius 2 is 1.80 bits per heavy atom. The highest BCUT2D eigenvalue weighted by molar-refractivity contribution is 5.77. The molecule has 0 unspecified atom stereocenters. The zero-order valence-electron chi connectivity index (χ0n) is 14.2. The van der Waals surface area contributed by atoms with Gasteiger partial charge in [-0.15, -0.1) is 0 Å². The van der Waals surface area contributed by atoms with E-state index in [2.05, 4.69) is 10.6 Å². The molecule has 25 heavy (non-hydrogen) atoms. The Kier molecular flexibility index (Phi) is 6.33. The molecule has 7 nitrogen and oxygen atoms in total. The number of carbonyl (C=O) groups is 1. The smallest absolute Gasteiger partial charge is 0.269 e. The summed E-state index contributed by atoms with van der Waals surface area (Å²) < 4.78 is 5.46. The molecule has 0 aliphatic heterocycles. The number of nitrogens with zero attached hydrogens (tertiary/aromatic N) is 1. The molecule has 132 valence electrons. The lowest BCUT2D eigenvalue weighted by atomic mass is 10.1. The first-order valence-electron chi connectivity index (χ1n) is 7.91. The normalized spacial score (nSPS) is 10.2. The fraction of sp³-hybridized carbons (Fsp3) is 0.278. The van der Waals surface area contributed by atoms with Gasteiger partial charge in [0.1, 0.15) is 5.75 Å². The Morgan fingerprint density at radius 3 is 2.44 bits per heavy atom. The average molecular weight is 343 g/mol. The van der Waals surface area contributed by atoms with Gasteiger partial charge in [0.2, 0.25) is 0 Å². The van der Waals surface area contributed by atoms with Crippen LogP contribution in [0.2, 0.25) is 0 Å². The number of anilines is 1. The quantitative estimate of drug-likeness (QED) is 0.437. The van der Waals surface area contributed by atoms with Gasteiger partial charge in [0.25, 0.3) is 11.6 Å². The summed E-state index contributed by atoms with van der Waals surface area (Å²) in [5.41, 5.74) is 3.09. The van der Waals surface area contributed by atoms with Crippen LogP contribution >= 0.6 is 0 Å². The van der Waals surface area contributed by atoms with Gasteiger partial charge in [0.05, 0.1) is 4.92 Å². The minimum absolute atomic E-state index is 0.0416. The molecule has 0 spiro atoms. The lowest BCUT2D eigenvalue weighted by molar-refractivity contribution is -0.384. The molecule has 0 aromatic heterocycles. The van der Waals surface area contributed by atoms with Gasteiger partial charge < -0.3 is 15.4 Å². The summed E-state index contributed by atoms with van der Waals surface area (Å²) in [7, 11) is 0. The molecular formula is C18H21N3O4. The van der Waals surface area contributed by atoms with Crippen LogP contribution in [-0.2, 0) is 4.79 Å². The first-order chi connectivity index (χ1) is 12.0. The number of benzene rings is 2. The van der Waals surface area contributed by atoms with Gasteiger partial charge in [0.15, 0.2) is 6.61 Å². The Hall–Kier alpha value is -3.09. The van der Waals surface area contributed by atoms with E-state index in [0.717, 1.165) is 11.3 Å². The molecule has 0 radical (unpaired) electrons. The van der Waals surface area contributed by atoms with Crippen molar-refractivity contribution in [3.63, 3.8) is 0 Å². The SMILES string of the molecule is Cc1ccc(OCC(=O)NCCNc2ccc([N+](=O)[O-])cc2)cc1C. The van der Waals surface area contributed by atoms with Crippen LogP contribution in [0.15, 0.2) is 42.5 Å². The third-order valence-corrected chi connectivity index (χ3v) is 3.70. The molecular weight excluding hydrogens is 322 g/mol. The number of non-ortho nitro benzene ring substituents is 1. The van der Waals surface area contributed by atoms with Crippen molar-refractivity contribution in [3.05, 3.63) is 63.7 Å². The number of carbonyl (C=O) groups excluding carboxylic acids is 1. The molecule has 0 fully saturated rings. The number of amides is 1. The van der Waals surface area contributed by atoms with Gasteiger partial charge in [-0.05, 0) is 49.2 Å². The summed E-state index contributed by atoms with van der Waals surface area (Å²) in [6, 6.07) is 11.8. The third kappa shape index (κ3) is 5.80. The van der Waals surface area contributed by atoms with Crippen molar-refractivity contribution in [2.45, 2.75) is 13.8 Å². The van der Waals surface area contributed by atoms with Crippen LogP contribution in [0, 0.1) is 24.0 Å². The van der Waals surface area contributed by atoms with Gasteiger partial charge in [-0.3, -0.25) is 14.9 Å². The van der Waals surface area contributed by atoms with E-state index in [4.69, 9.17) is 4.74 Å². The summed E-state index contributed by atoms with van der Waals surface area (Å²) in [5.74, 6) is 0.464. The molecule has 0 bridgehead atoms. The Balaban J connectivity index is 1.66. The van der Waals surface area contributed by atoms with E-state index in [0.29, 0.717) is 18.8 Å². The average Bonchev–Trinajstić information content (AvgIpc) is 2.60. The number of nitro groups is 1. The van der Waals surface area contributed by atoms with Crippen molar-refractivity contribution in [1.29, 1.82) is 0 Å². The molecule has 2 aromatic carbocycles. The monoisotopic (exact) mass is 343 g/mol. The largest absolute Gasteiger partial charge is 0.484 e. The van der Waals surface area contributed by atoms with Crippen molar-refractivity contribution in [2.75, 3.05) is 25.0 Å². The highest BCUT2D eigenvalue weighted by Gasteiger charge is 2.05. The predicted octanol–water partition coefficient (Wildman–Crippen LogP) is 2.82. The Bertz CT molecular complexity index is 744. The number of aryl methyl sites for hydroxylation is 2. The molecule has 0 atom stereocenters. The molecule has 1 amide bonds. The number of ether oxygens (including phenoxy) is 1. The topological polar surface area (TPSA) is 93.5 Å². The lowest BCUT2D eigenvalue weighted by Crippen LogP contribution is -2.32. The van der Waals surface area contributed by atoms with Crippen molar-refractivity contribution in [2.24, 2.45) is 0 Å². The van der Waals surface area contributed by atoms with E-state index in [-0.39, 0.29) is 18.2 Å². The summed E-state index contributed by atoms with van der Waals surface area (Å²) in [4.78, 5) is 21.9. The summed E-state index contributed by atoms with van der Waals surface area (Å²) in [5, 5.41) is 16.4. The Labute approximate surface area is 146 Å². The minimum atomic E-state index is -0.445. The predicted molar refractivity (Wildman–Crippen MR) is 96.0 cm³/mol. The first-order valence-corrected chi connectivity index (χ1v) is 7.91. The van der Waals surface area contributed by atoms with Crippen LogP contribution in [0.1, 0.15) is 11.1 Å². The van der Waals surface area contributed by atoms with Crippen LogP contribution in [0.5, 0.6) is 5.75 Å². The molecule has 0 saturated carbocycles. The second kappa shape index (κ2) is 8.68. The highest BCUT2D eigenvalue weighted by Crippen LogP contribution is 2.16. The lowest BCUT2D eigenvalue weighted by Gasteiger charge is -2.10. The number of nitrogens with one attached hydrogen (secondary N) is 2. The minimum Gasteiger partial charge on any atom is -0.484 e. The van der Waals surface area contributed by atoms with Crippen LogP contribution in [0.25, 0.3) is 0 Å². The molecule has 2 N–H and O–H groups in total. The fourth-order valence-electron chi connectivity index (χ4n) is 2.11. The molecule has 2 aromatic rings. The van der Waals surface area contributed by atoms with Crippen molar-refractivity contribution >= 4 is 17.3 Å². The standard InChI is InChI=1S/C18H21N3O4/c1-13-3-8-17(11-14(13)2)25-12-18(22)20-10-9-19-15-4-6-16(7-5-15)21(23)24/h3-8,11,19H,9-10,12H2,1-2H3,(H,20,22). The second-order valence-electron chi connectivity index (χ2n) is 5.62. The van der Waals surface area contributed by atoms with Gasteiger partial charge in [-0.2, -0.15) is 0 Å². The highest BCUT2D eigenvalue weighted by atomic mass is 16.6. The number of rotatable bonds is 8. The second-order valence-corrected chi connectivity index (χ2v) is 5.62. The van der Waals surface area contributed by atoms with Gasteiger partial charge in [-0.25, -0.2) is 0 Å².